The van der Waals surface area contributed by atoms with Gasteiger partial charge in [-0.25, -0.2) is 0 Å². The Kier molecular flexibility index (Phi) is 7.56. The van der Waals surface area contributed by atoms with Crippen molar-refractivity contribution in [2.45, 2.75) is 25.8 Å². The summed E-state index contributed by atoms with van der Waals surface area (Å²) in [6, 6.07) is 59.6. The highest BCUT2D eigenvalue weighted by Gasteiger charge is 2.30. The molecule has 0 saturated carbocycles. The van der Waals surface area contributed by atoms with Crippen molar-refractivity contribution in [1.29, 1.82) is 0 Å². The number of allylic oxidation sites excluding steroid dienone is 2. The summed E-state index contributed by atoms with van der Waals surface area (Å²) in [6.45, 7) is 2.26. The first-order valence-electron chi connectivity index (χ1n) is 19.6. The molecule has 0 N–H and O–H groups in total. The number of para-hydroxylation sites is 2. The third-order valence-electron chi connectivity index (χ3n) is 11.6. The van der Waals surface area contributed by atoms with E-state index in [2.05, 4.69) is 209 Å². The van der Waals surface area contributed by atoms with Crippen LogP contribution < -0.4 is 14.5 Å². The van der Waals surface area contributed by atoms with E-state index >= 15 is 0 Å². The second kappa shape index (κ2) is 13.1. The van der Waals surface area contributed by atoms with Crippen LogP contribution in [0.5, 0.6) is 11.5 Å². The van der Waals surface area contributed by atoms with Gasteiger partial charge in [0.25, 0.3) is 0 Å². The minimum Gasteiger partial charge on any atom is -0.452 e. The lowest BCUT2D eigenvalue weighted by Gasteiger charge is -2.37. The van der Waals surface area contributed by atoms with Crippen molar-refractivity contribution in [3.05, 3.63) is 194 Å². The molecule has 0 spiro atoms. The predicted molar refractivity (Wildman–Crippen MR) is 235 cm³/mol. The minimum absolute atomic E-state index is 0.160. The highest BCUT2D eigenvalue weighted by molar-refractivity contribution is 6.09. The molecule has 1 aliphatic heterocycles. The summed E-state index contributed by atoms with van der Waals surface area (Å²) in [5, 5.41) is 7.20. The van der Waals surface area contributed by atoms with Gasteiger partial charge in [0.05, 0.1) is 34.1 Å². The van der Waals surface area contributed by atoms with Crippen LogP contribution in [0.4, 0.5) is 28.4 Å². The van der Waals surface area contributed by atoms with E-state index in [0.29, 0.717) is 0 Å². The zero-order chi connectivity index (χ0) is 37.2. The van der Waals surface area contributed by atoms with E-state index in [0.717, 1.165) is 57.9 Å². The zero-order valence-corrected chi connectivity index (χ0v) is 31.1. The van der Waals surface area contributed by atoms with Crippen molar-refractivity contribution in [3.63, 3.8) is 0 Å². The monoisotopic (exact) mass is 721 g/mol. The quantitative estimate of drug-likeness (QED) is 0.171. The lowest BCUT2D eigenvalue weighted by atomic mass is 9.98. The summed E-state index contributed by atoms with van der Waals surface area (Å²) in [6.07, 6.45) is 10.8. The summed E-state index contributed by atoms with van der Waals surface area (Å²) in [5.41, 5.74) is 10.2. The molecule has 4 nitrogen and oxygen atoms in total. The van der Waals surface area contributed by atoms with Gasteiger partial charge < -0.3 is 19.1 Å². The van der Waals surface area contributed by atoms with Gasteiger partial charge in [-0.3, -0.25) is 0 Å². The third kappa shape index (κ3) is 5.06. The second-order valence-electron chi connectivity index (χ2n) is 14.7. The van der Waals surface area contributed by atoms with Gasteiger partial charge in [0.1, 0.15) is 0 Å². The molecule has 0 saturated heterocycles. The summed E-state index contributed by atoms with van der Waals surface area (Å²) >= 11 is 0. The fourth-order valence-corrected chi connectivity index (χ4v) is 9.02. The van der Waals surface area contributed by atoms with Gasteiger partial charge in [0, 0.05) is 44.7 Å². The van der Waals surface area contributed by atoms with Crippen molar-refractivity contribution in [1.82, 2.24) is 4.57 Å². The molecule has 1 unspecified atom stereocenters. The predicted octanol–water partition coefficient (Wildman–Crippen LogP) is 14.3. The SMILES string of the molecule is CCc1ccc(N2c3ccc(-n4c5ccccc5c5ccccc54)cc3Oc3c2ccc2ccccc32)cc1N(c1cccc2ccccc12)C1C=CC=CC1. The van der Waals surface area contributed by atoms with Gasteiger partial charge >= 0.3 is 0 Å². The van der Waals surface area contributed by atoms with Crippen LogP contribution in [0.3, 0.4) is 0 Å². The first-order chi connectivity index (χ1) is 27.7. The number of ether oxygens (including phenoxy) is 1. The molecule has 0 fully saturated rings. The molecule has 1 atom stereocenters. The van der Waals surface area contributed by atoms with Crippen LogP contribution in [-0.4, -0.2) is 10.6 Å². The van der Waals surface area contributed by atoms with Crippen molar-refractivity contribution in [2.75, 3.05) is 9.80 Å². The van der Waals surface area contributed by atoms with Crippen LogP contribution in [0.15, 0.2) is 188 Å². The first-order valence-corrected chi connectivity index (χ1v) is 19.6. The largest absolute Gasteiger partial charge is 0.452 e. The lowest BCUT2D eigenvalue weighted by Crippen LogP contribution is -2.31. The maximum Gasteiger partial charge on any atom is 0.159 e. The van der Waals surface area contributed by atoms with E-state index in [1.54, 1.807) is 0 Å². The normalized spacial score (nSPS) is 14.7. The molecule has 1 aliphatic carbocycles. The summed E-state index contributed by atoms with van der Waals surface area (Å²) in [7, 11) is 0. The molecule has 0 bridgehead atoms. The number of rotatable bonds is 6. The summed E-state index contributed by atoms with van der Waals surface area (Å²) in [5.74, 6) is 1.68. The Balaban J connectivity index is 1.14. The summed E-state index contributed by atoms with van der Waals surface area (Å²) < 4.78 is 9.42. The average molecular weight is 722 g/mol. The van der Waals surface area contributed by atoms with E-state index in [1.165, 1.54) is 49.5 Å². The van der Waals surface area contributed by atoms with Crippen LogP contribution >= 0.6 is 0 Å². The molecule has 1 aromatic heterocycles. The molecule has 11 rings (SSSR count). The van der Waals surface area contributed by atoms with Crippen molar-refractivity contribution < 1.29 is 4.74 Å². The van der Waals surface area contributed by atoms with Crippen LogP contribution in [0.25, 0.3) is 49.0 Å². The van der Waals surface area contributed by atoms with Crippen molar-refractivity contribution >= 4 is 71.8 Å². The van der Waals surface area contributed by atoms with Crippen LogP contribution in [0.2, 0.25) is 0 Å². The molecule has 4 heteroatoms. The van der Waals surface area contributed by atoms with E-state index in [1.807, 2.05) is 0 Å². The third-order valence-corrected chi connectivity index (χ3v) is 11.6. The molecule has 56 heavy (non-hydrogen) atoms. The van der Waals surface area contributed by atoms with Crippen LogP contribution in [0.1, 0.15) is 18.9 Å². The van der Waals surface area contributed by atoms with Crippen LogP contribution in [0, 0.1) is 0 Å². The Morgan fingerprint density at radius 1 is 0.571 bits per heavy atom. The van der Waals surface area contributed by atoms with Gasteiger partial charge in [-0.2, -0.15) is 0 Å². The molecule has 2 heterocycles. The highest BCUT2D eigenvalue weighted by Crippen LogP contribution is 2.54. The first kappa shape index (κ1) is 32.4. The molecule has 9 aromatic rings. The maximum absolute atomic E-state index is 7.06. The van der Waals surface area contributed by atoms with Crippen molar-refractivity contribution in [3.8, 4) is 17.2 Å². The van der Waals surface area contributed by atoms with Gasteiger partial charge in [-0.05, 0) is 77.7 Å². The number of aromatic nitrogens is 1. The zero-order valence-electron chi connectivity index (χ0n) is 31.1. The van der Waals surface area contributed by atoms with Gasteiger partial charge in [-0.15, -0.1) is 0 Å². The highest BCUT2D eigenvalue weighted by atomic mass is 16.5. The Morgan fingerprint density at radius 2 is 1.23 bits per heavy atom. The Bertz CT molecular complexity index is 3000. The average Bonchev–Trinajstić information content (AvgIpc) is 3.60. The molecular weight excluding hydrogens is 683 g/mol. The van der Waals surface area contributed by atoms with E-state index in [9.17, 15) is 0 Å². The standard InChI is InChI=1S/C52H39N3O/c1-2-35-27-29-39(33-50(35)53(38-18-4-3-5-19-38)45-26-14-17-36-15-6-8-20-41(36)45)55-48-32-30-40(54-46-24-12-10-22-43(46)44-23-11-13-25-47(44)54)34-51(48)56-52-42-21-9-7-16-37(42)28-31-49(52)55/h3-18,20-34,38H,2,19H2,1H3. The Hall–Kier alpha value is -7.04. The number of benzene rings is 8. The smallest absolute Gasteiger partial charge is 0.159 e. The number of hydrogen-bond acceptors (Lipinski definition) is 3. The van der Waals surface area contributed by atoms with Gasteiger partial charge in [0.2, 0.25) is 0 Å². The van der Waals surface area contributed by atoms with Gasteiger partial charge in [-0.1, -0.05) is 140 Å². The van der Waals surface area contributed by atoms with Gasteiger partial charge in [0.15, 0.2) is 11.5 Å². The lowest BCUT2D eigenvalue weighted by molar-refractivity contribution is 0.482. The summed E-state index contributed by atoms with van der Waals surface area (Å²) in [4.78, 5) is 4.97. The number of nitrogens with zero attached hydrogens (tertiary/aromatic N) is 3. The molecular formula is C52H39N3O. The number of anilines is 5. The Morgan fingerprint density at radius 3 is 1.98 bits per heavy atom. The molecule has 268 valence electrons. The van der Waals surface area contributed by atoms with Crippen molar-refractivity contribution in [2.24, 2.45) is 0 Å². The fraction of sp³-hybridized carbons (Fsp3) is 0.0769. The van der Waals surface area contributed by atoms with E-state index in [4.69, 9.17) is 4.74 Å². The number of aryl methyl sites for hydroxylation is 1. The second-order valence-corrected chi connectivity index (χ2v) is 14.7. The molecule has 2 aliphatic rings. The molecule has 8 aromatic carbocycles. The molecule has 0 radical (unpaired) electrons. The number of hydrogen-bond donors (Lipinski definition) is 0. The fourth-order valence-electron chi connectivity index (χ4n) is 9.02. The number of fused-ring (bicyclic) bond motifs is 8. The van der Waals surface area contributed by atoms with Crippen LogP contribution in [-0.2, 0) is 6.42 Å². The minimum atomic E-state index is 0.160. The van der Waals surface area contributed by atoms with E-state index < -0.39 is 0 Å². The molecule has 0 amide bonds. The van der Waals surface area contributed by atoms with E-state index in [-0.39, 0.29) is 6.04 Å². The Labute approximate surface area is 326 Å². The maximum atomic E-state index is 7.06. The topological polar surface area (TPSA) is 20.6 Å².